The number of hydrogen-bond donors (Lipinski definition) is 0. The Hall–Kier alpha value is -2.34. The van der Waals surface area contributed by atoms with Gasteiger partial charge in [-0.3, -0.25) is 0 Å². The van der Waals surface area contributed by atoms with E-state index >= 15 is 0 Å². The predicted octanol–water partition coefficient (Wildman–Crippen LogP) is 5.45. The van der Waals surface area contributed by atoms with E-state index in [1.54, 1.807) is 72.8 Å². The van der Waals surface area contributed by atoms with Crippen molar-refractivity contribution in [2.75, 3.05) is 7.11 Å². The molecular formula is C21H16Cl2O4S. The first-order chi connectivity index (χ1) is 13.5. The Morgan fingerprint density at radius 3 is 1.79 bits per heavy atom. The second kappa shape index (κ2) is 9.24. The maximum Gasteiger partial charge on any atom is 0.351 e. The van der Waals surface area contributed by atoms with Crippen molar-refractivity contribution in [2.24, 2.45) is 0 Å². The lowest BCUT2D eigenvalue weighted by atomic mass is 10.1. The summed E-state index contributed by atoms with van der Waals surface area (Å²) in [5.74, 6) is -0.0601. The van der Waals surface area contributed by atoms with Crippen LogP contribution in [0.3, 0.4) is 0 Å². The summed E-state index contributed by atoms with van der Waals surface area (Å²) in [5, 5.41) is 1.15. The van der Waals surface area contributed by atoms with Crippen LogP contribution in [0, 0.1) is 0 Å². The van der Waals surface area contributed by atoms with Crippen molar-refractivity contribution >= 4 is 40.0 Å². The maximum absolute atomic E-state index is 12.7. The van der Waals surface area contributed by atoms with Crippen LogP contribution in [0.1, 0.15) is 11.7 Å². The van der Waals surface area contributed by atoms with Gasteiger partial charge in [-0.25, -0.2) is 9.00 Å². The second-order valence-corrected chi connectivity index (χ2v) is 8.12. The topological polar surface area (TPSA) is 52.6 Å². The minimum atomic E-state index is -1.36. The van der Waals surface area contributed by atoms with Crippen LogP contribution in [-0.4, -0.2) is 17.3 Å². The van der Waals surface area contributed by atoms with Crippen molar-refractivity contribution in [3.05, 3.63) is 88.4 Å². The van der Waals surface area contributed by atoms with Crippen molar-refractivity contribution in [1.82, 2.24) is 0 Å². The van der Waals surface area contributed by atoms with Crippen molar-refractivity contribution in [3.63, 3.8) is 0 Å². The zero-order valence-corrected chi connectivity index (χ0v) is 17.1. The molecule has 3 rings (SSSR count). The quantitative estimate of drug-likeness (QED) is 0.483. The molecule has 0 amide bonds. The van der Waals surface area contributed by atoms with Crippen molar-refractivity contribution < 1.29 is 18.5 Å². The molecule has 0 aromatic heterocycles. The Balaban J connectivity index is 1.83. The molecule has 0 saturated carbocycles. The van der Waals surface area contributed by atoms with E-state index in [0.29, 0.717) is 31.1 Å². The first kappa shape index (κ1) is 20.4. The molecule has 28 heavy (non-hydrogen) atoms. The third-order valence-electron chi connectivity index (χ3n) is 3.91. The number of benzene rings is 3. The van der Waals surface area contributed by atoms with Crippen LogP contribution in [0.2, 0.25) is 10.0 Å². The number of carbonyl (C=O) groups is 1. The molecule has 0 spiro atoms. The summed E-state index contributed by atoms with van der Waals surface area (Å²) in [6, 6.07) is 20.3. The molecule has 0 saturated heterocycles. The van der Waals surface area contributed by atoms with E-state index in [4.69, 9.17) is 32.7 Å². The zero-order chi connectivity index (χ0) is 20.1. The highest BCUT2D eigenvalue weighted by molar-refractivity contribution is 7.85. The van der Waals surface area contributed by atoms with E-state index in [1.165, 1.54) is 7.11 Å². The summed E-state index contributed by atoms with van der Waals surface area (Å²) in [6.07, 6.45) is -0.954. The highest BCUT2D eigenvalue weighted by atomic mass is 35.5. The third-order valence-corrected chi connectivity index (χ3v) is 5.81. The fraction of sp³-hybridized carbons (Fsp3) is 0.0952. The fourth-order valence-electron chi connectivity index (χ4n) is 2.47. The largest absolute Gasteiger partial charge is 0.474 e. The van der Waals surface area contributed by atoms with Gasteiger partial charge in [0.1, 0.15) is 5.75 Å². The van der Waals surface area contributed by atoms with E-state index in [1.807, 2.05) is 0 Å². The number of ether oxygens (including phenoxy) is 2. The number of rotatable bonds is 6. The van der Waals surface area contributed by atoms with Gasteiger partial charge in [-0.05, 0) is 60.7 Å². The molecule has 0 radical (unpaired) electrons. The van der Waals surface area contributed by atoms with Gasteiger partial charge in [0.25, 0.3) is 0 Å². The molecule has 0 N–H and O–H groups in total. The highest BCUT2D eigenvalue weighted by Gasteiger charge is 2.24. The van der Waals surface area contributed by atoms with Crippen LogP contribution in [0.25, 0.3) is 0 Å². The van der Waals surface area contributed by atoms with Crippen LogP contribution in [0.15, 0.2) is 82.6 Å². The molecule has 3 aromatic carbocycles. The third kappa shape index (κ3) is 4.93. The summed E-state index contributed by atoms with van der Waals surface area (Å²) in [5.41, 5.74) is 0.582. The SMILES string of the molecule is COC(=O)C(Oc1ccc(Cl)cc1)c1ccc(S(=O)c2ccc(Cl)cc2)cc1. The zero-order valence-electron chi connectivity index (χ0n) is 14.8. The molecule has 2 unspecified atom stereocenters. The van der Waals surface area contributed by atoms with Crippen molar-refractivity contribution in [1.29, 1.82) is 0 Å². The number of halogens is 2. The normalized spacial score (nSPS) is 12.8. The maximum atomic E-state index is 12.7. The minimum Gasteiger partial charge on any atom is -0.474 e. The van der Waals surface area contributed by atoms with E-state index in [9.17, 15) is 9.00 Å². The summed E-state index contributed by atoms with van der Waals surface area (Å²) in [7, 11) is -0.0638. The molecular weight excluding hydrogens is 419 g/mol. The lowest BCUT2D eigenvalue weighted by molar-refractivity contribution is -0.149. The summed E-state index contributed by atoms with van der Waals surface area (Å²) in [4.78, 5) is 13.4. The molecule has 4 nitrogen and oxygen atoms in total. The molecule has 3 aromatic rings. The number of carbonyl (C=O) groups excluding carboxylic acids is 1. The van der Waals surface area contributed by atoms with E-state index in [-0.39, 0.29) is 0 Å². The molecule has 144 valence electrons. The van der Waals surface area contributed by atoms with E-state index < -0.39 is 22.9 Å². The Labute approximate surface area is 175 Å². The average Bonchev–Trinajstić information content (AvgIpc) is 2.73. The van der Waals surface area contributed by atoms with Crippen LogP contribution in [0.5, 0.6) is 5.75 Å². The monoisotopic (exact) mass is 434 g/mol. The van der Waals surface area contributed by atoms with Gasteiger partial charge in [0.15, 0.2) is 0 Å². The summed E-state index contributed by atoms with van der Waals surface area (Å²) < 4.78 is 23.3. The molecule has 0 aliphatic rings. The van der Waals surface area contributed by atoms with Gasteiger partial charge in [0.05, 0.1) is 17.9 Å². The fourth-order valence-corrected chi connectivity index (χ4v) is 3.76. The van der Waals surface area contributed by atoms with Crippen LogP contribution < -0.4 is 4.74 Å². The Bertz CT molecular complexity index is 971. The van der Waals surface area contributed by atoms with Gasteiger partial charge in [-0.2, -0.15) is 0 Å². The molecule has 0 aliphatic heterocycles. The molecule has 2 atom stereocenters. The Morgan fingerprint density at radius 2 is 1.29 bits per heavy atom. The minimum absolute atomic E-state index is 0.480. The second-order valence-electron chi connectivity index (χ2n) is 5.77. The molecule has 0 bridgehead atoms. The van der Waals surface area contributed by atoms with Gasteiger partial charge in [-0.1, -0.05) is 35.3 Å². The Morgan fingerprint density at radius 1 is 0.821 bits per heavy atom. The van der Waals surface area contributed by atoms with E-state index in [2.05, 4.69) is 0 Å². The van der Waals surface area contributed by atoms with E-state index in [0.717, 1.165) is 0 Å². The van der Waals surface area contributed by atoms with Crippen LogP contribution in [0.4, 0.5) is 0 Å². The molecule has 7 heteroatoms. The smallest absolute Gasteiger partial charge is 0.351 e. The molecule has 0 fully saturated rings. The average molecular weight is 435 g/mol. The standard InChI is InChI=1S/C21H16Cl2O4S/c1-26-21(24)20(27-17-8-4-15(22)5-9-17)14-2-10-18(11-3-14)28(25)19-12-6-16(23)7-13-19/h2-13,20H,1H3. The summed E-state index contributed by atoms with van der Waals surface area (Å²) in [6.45, 7) is 0. The van der Waals surface area contributed by atoms with Gasteiger partial charge in [0.2, 0.25) is 6.10 Å². The molecule has 0 aliphatic carbocycles. The van der Waals surface area contributed by atoms with Crippen molar-refractivity contribution in [2.45, 2.75) is 15.9 Å². The van der Waals surface area contributed by atoms with Crippen molar-refractivity contribution in [3.8, 4) is 5.75 Å². The lowest BCUT2D eigenvalue weighted by Crippen LogP contribution is -2.20. The molecule has 0 heterocycles. The summed E-state index contributed by atoms with van der Waals surface area (Å²) >= 11 is 11.8. The number of methoxy groups -OCH3 is 1. The lowest BCUT2D eigenvalue weighted by Gasteiger charge is -2.17. The van der Waals surface area contributed by atoms with Gasteiger partial charge >= 0.3 is 5.97 Å². The highest BCUT2D eigenvalue weighted by Crippen LogP contribution is 2.26. The number of hydrogen-bond acceptors (Lipinski definition) is 4. The van der Waals surface area contributed by atoms with Crippen LogP contribution in [-0.2, 0) is 20.3 Å². The first-order valence-electron chi connectivity index (χ1n) is 8.25. The van der Waals surface area contributed by atoms with Crippen LogP contribution >= 0.6 is 23.2 Å². The van der Waals surface area contributed by atoms with Gasteiger partial charge in [-0.15, -0.1) is 0 Å². The number of esters is 1. The predicted molar refractivity (Wildman–Crippen MR) is 109 cm³/mol. The Kier molecular flexibility index (Phi) is 6.73. The van der Waals surface area contributed by atoms with Gasteiger partial charge in [0, 0.05) is 25.4 Å². The first-order valence-corrected chi connectivity index (χ1v) is 10.2. The van der Waals surface area contributed by atoms with Gasteiger partial charge < -0.3 is 9.47 Å².